The molecular formula is C15H18Cl2N4O2. The molecule has 8 heteroatoms. The molecule has 0 fully saturated rings. The Kier molecular flexibility index (Phi) is 5.87. The third kappa shape index (κ3) is 4.60. The Labute approximate surface area is 145 Å². The number of ether oxygens (including phenoxy) is 1. The highest BCUT2D eigenvalue weighted by Crippen LogP contribution is 2.27. The van der Waals surface area contributed by atoms with Crippen molar-refractivity contribution in [1.29, 1.82) is 0 Å². The number of nitrogens with zero attached hydrogens (tertiary/aromatic N) is 3. The number of benzene rings is 1. The second kappa shape index (κ2) is 7.68. The lowest BCUT2D eigenvalue weighted by Gasteiger charge is -2.17. The lowest BCUT2D eigenvalue weighted by Crippen LogP contribution is -2.30. The van der Waals surface area contributed by atoms with Crippen molar-refractivity contribution in [3.05, 3.63) is 40.4 Å². The van der Waals surface area contributed by atoms with Crippen LogP contribution in [-0.2, 0) is 18.4 Å². The number of anilines is 1. The van der Waals surface area contributed by atoms with Gasteiger partial charge in [0, 0.05) is 12.1 Å². The normalized spacial score (nSPS) is 10.9. The molecule has 1 amide bonds. The van der Waals surface area contributed by atoms with Crippen molar-refractivity contribution in [3.8, 4) is 5.75 Å². The lowest BCUT2D eigenvalue weighted by atomic mass is 10.3. The van der Waals surface area contributed by atoms with Gasteiger partial charge in [0.25, 0.3) is 0 Å². The molecule has 1 heterocycles. The molecular weight excluding hydrogens is 339 g/mol. The molecule has 2 rings (SSSR count). The van der Waals surface area contributed by atoms with Crippen molar-refractivity contribution in [2.75, 3.05) is 26.0 Å². The standard InChI is InChI=1S/C15H18Cl2N4O2/c1-20(8-14-18-7-13(17)21(14)2)9-15(22)19-11-6-10(16)4-5-12(11)23-3/h4-7H,8-9H2,1-3H3,(H,19,22). The summed E-state index contributed by atoms with van der Waals surface area (Å²) in [7, 11) is 5.20. The minimum absolute atomic E-state index is 0.173. The quantitative estimate of drug-likeness (QED) is 0.864. The highest BCUT2D eigenvalue weighted by molar-refractivity contribution is 6.31. The van der Waals surface area contributed by atoms with Crippen LogP contribution in [0.25, 0.3) is 0 Å². The summed E-state index contributed by atoms with van der Waals surface area (Å²) in [5, 5.41) is 3.88. The number of methoxy groups -OCH3 is 1. The summed E-state index contributed by atoms with van der Waals surface area (Å²) in [6, 6.07) is 5.06. The third-order valence-corrected chi connectivity index (χ3v) is 3.87. The topological polar surface area (TPSA) is 59.4 Å². The fraction of sp³-hybridized carbons (Fsp3) is 0.333. The molecule has 2 aromatic rings. The maximum Gasteiger partial charge on any atom is 0.238 e. The molecule has 1 aromatic carbocycles. The smallest absolute Gasteiger partial charge is 0.238 e. The molecule has 0 saturated heterocycles. The van der Waals surface area contributed by atoms with Gasteiger partial charge >= 0.3 is 0 Å². The van der Waals surface area contributed by atoms with E-state index in [0.29, 0.717) is 28.2 Å². The molecule has 0 radical (unpaired) electrons. The molecule has 23 heavy (non-hydrogen) atoms. The molecule has 0 spiro atoms. The first kappa shape index (κ1) is 17.6. The van der Waals surface area contributed by atoms with E-state index in [1.165, 1.54) is 7.11 Å². The zero-order chi connectivity index (χ0) is 17.0. The predicted molar refractivity (Wildman–Crippen MR) is 91.2 cm³/mol. The van der Waals surface area contributed by atoms with E-state index in [0.717, 1.165) is 5.82 Å². The van der Waals surface area contributed by atoms with Gasteiger partial charge in [-0.15, -0.1) is 0 Å². The molecule has 0 bridgehead atoms. The second-order valence-electron chi connectivity index (χ2n) is 5.12. The lowest BCUT2D eigenvalue weighted by molar-refractivity contribution is -0.117. The molecule has 6 nitrogen and oxygen atoms in total. The molecule has 0 saturated carbocycles. The number of rotatable bonds is 6. The van der Waals surface area contributed by atoms with E-state index >= 15 is 0 Å². The minimum atomic E-state index is -0.173. The number of likely N-dealkylation sites (N-methyl/N-ethyl adjacent to an activating group) is 1. The highest BCUT2D eigenvalue weighted by atomic mass is 35.5. The molecule has 0 aliphatic rings. The van der Waals surface area contributed by atoms with Crippen LogP contribution in [-0.4, -0.2) is 41.1 Å². The molecule has 0 atom stereocenters. The van der Waals surface area contributed by atoms with Gasteiger partial charge in [-0.05, 0) is 25.2 Å². The number of carbonyl (C=O) groups excluding carboxylic acids is 1. The van der Waals surface area contributed by atoms with Crippen LogP contribution in [0.5, 0.6) is 5.75 Å². The molecule has 0 aliphatic carbocycles. The van der Waals surface area contributed by atoms with Crippen LogP contribution in [0.4, 0.5) is 5.69 Å². The fourth-order valence-corrected chi connectivity index (χ4v) is 2.40. The third-order valence-electron chi connectivity index (χ3n) is 3.29. The van der Waals surface area contributed by atoms with E-state index in [1.807, 2.05) is 19.0 Å². The summed E-state index contributed by atoms with van der Waals surface area (Å²) < 4.78 is 6.98. The van der Waals surface area contributed by atoms with Gasteiger partial charge in [0.05, 0.1) is 32.1 Å². The van der Waals surface area contributed by atoms with E-state index in [4.69, 9.17) is 27.9 Å². The Morgan fingerprint density at radius 2 is 2.17 bits per heavy atom. The maximum absolute atomic E-state index is 12.2. The minimum Gasteiger partial charge on any atom is -0.495 e. The van der Waals surface area contributed by atoms with Gasteiger partial charge in [0.15, 0.2) is 0 Å². The fourth-order valence-electron chi connectivity index (χ4n) is 2.08. The number of imidazole rings is 1. The van der Waals surface area contributed by atoms with Gasteiger partial charge in [0.2, 0.25) is 5.91 Å². The van der Waals surface area contributed by atoms with E-state index in [9.17, 15) is 4.79 Å². The summed E-state index contributed by atoms with van der Waals surface area (Å²) in [4.78, 5) is 18.2. The molecule has 0 aliphatic heterocycles. The zero-order valence-corrected chi connectivity index (χ0v) is 14.6. The van der Waals surface area contributed by atoms with Crippen LogP contribution in [0.1, 0.15) is 5.82 Å². The molecule has 124 valence electrons. The van der Waals surface area contributed by atoms with Gasteiger partial charge in [-0.3, -0.25) is 9.69 Å². The SMILES string of the molecule is COc1ccc(Cl)cc1NC(=O)CN(C)Cc1ncc(Cl)n1C. The number of carbonyl (C=O) groups is 1. The van der Waals surface area contributed by atoms with E-state index in [2.05, 4.69) is 10.3 Å². The van der Waals surface area contributed by atoms with E-state index < -0.39 is 0 Å². The van der Waals surface area contributed by atoms with Crippen molar-refractivity contribution < 1.29 is 9.53 Å². The van der Waals surface area contributed by atoms with Crippen LogP contribution in [0.15, 0.2) is 24.4 Å². The van der Waals surface area contributed by atoms with Gasteiger partial charge in [-0.2, -0.15) is 0 Å². The van der Waals surface area contributed by atoms with Crippen molar-refractivity contribution in [3.63, 3.8) is 0 Å². The van der Waals surface area contributed by atoms with Gasteiger partial charge in [-0.1, -0.05) is 23.2 Å². The first-order valence-corrected chi connectivity index (χ1v) is 7.64. The molecule has 0 unspecified atom stereocenters. The Morgan fingerprint density at radius 1 is 1.43 bits per heavy atom. The maximum atomic E-state index is 12.2. The number of hydrogen-bond acceptors (Lipinski definition) is 4. The van der Waals surface area contributed by atoms with Crippen LogP contribution >= 0.6 is 23.2 Å². The van der Waals surface area contributed by atoms with E-state index in [1.54, 1.807) is 29.0 Å². The average molecular weight is 357 g/mol. The number of nitrogens with one attached hydrogen (secondary N) is 1. The first-order valence-electron chi connectivity index (χ1n) is 6.88. The van der Waals surface area contributed by atoms with Crippen molar-refractivity contribution in [1.82, 2.24) is 14.5 Å². The van der Waals surface area contributed by atoms with Gasteiger partial charge in [0.1, 0.15) is 16.7 Å². The Hall–Kier alpha value is -1.76. The van der Waals surface area contributed by atoms with Crippen LogP contribution in [0.2, 0.25) is 10.2 Å². The van der Waals surface area contributed by atoms with Crippen molar-refractivity contribution >= 4 is 34.8 Å². The first-order chi connectivity index (χ1) is 10.9. The summed E-state index contributed by atoms with van der Waals surface area (Å²) in [6.07, 6.45) is 1.58. The number of amides is 1. The molecule has 1 aromatic heterocycles. The monoisotopic (exact) mass is 356 g/mol. The Balaban J connectivity index is 1.96. The van der Waals surface area contributed by atoms with Crippen LogP contribution in [0, 0.1) is 0 Å². The van der Waals surface area contributed by atoms with Gasteiger partial charge in [-0.25, -0.2) is 4.98 Å². The Bertz CT molecular complexity index is 703. The number of hydrogen-bond donors (Lipinski definition) is 1. The number of halogens is 2. The van der Waals surface area contributed by atoms with Crippen LogP contribution < -0.4 is 10.1 Å². The average Bonchev–Trinajstić information content (AvgIpc) is 2.79. The van der Waals surface area contributed by atoms with E-state index in [-0.39, 0.29) is 12.5 Å². The van der Waals surface area contributed by atoms with Crippen molar-refractivity contribution in [2.24, 2.45) is 7.05 Å². The summed E-state index contributed by atoms with van der Waals surface area (Å²) in [6.45, 7) is 0.698. The largest absolute Gasteiger partial charge is 0.495 e. The van der Waals surface area contributed by atoms with Gasteiger partial charge < -0.3 is 14.6 Å². The van der Waals surface area contributed by atoms with Crippen molar-refractivity contribution in [2.45, 2.75) is 6.54 Å². The second-order valence-corrected chi connectivity index (χ2v) is 5.94. The Morgan fingerprint density at radius 3 is 2.78 bits per heavy atom. The summed E-state index contributed by atoms with van der Waals surface area (Å²) in [5.74, 6) is 1.17. The molecule has 1 N–H and O–H groups in total. The summed E-state index contributed by atoms with van der Waals surface area (Å²) >= 11 is 11.9. The highest BCUT2D eigenvalue weighted by Gasteiger charge is 2.13. The number of aromatic nitrogens is 2. The predicted octanol–water partition coefficient (Wildman–Crippen LogP) is 2.81. The zero-order valence-electron chi connectivity index (χ0n) is 13.1. The summed E-state index contributed by atoms with van der Waals surface area (Å²) in [5.41, 5.74) is 0.540. The van der Waals surface area contributed by atoms with Crippen LogP contribution in [0.3, 0.4) is 0 Å².